The van der Waals surface area contributed by atoms with Crippen molar-refractivity contribution >= 4 is 43.7 Å². The van der Waals surface area contributed by atoms with Crippen molar-refractivity contribution in [3.05, 3.63) is 133 Å². The van der Waals surface area contributed by atoms with Crippen molar-refractivity contribution in [1.82, 2.24) is 9.55 Å². The highest BCUT2D eigenvalue weighted by atomic mass is 16.3. The van der Waals surface area contributed by atoms with Crippen LogP contribution in [0.15, 0.2) is 138 Å². The molecule has 0 fully saturated rings. The van der Waals surface area contributed by atoms with E-state index in [0.717, 1.165) is 61.0 Å². The normalized spacial score (nSPS) is 11.7. The summed E-state index contributed by atoms with van der Waals surface area (Å²) in [6.07, 6.45) is 0. The summed E-state index contributed by atoms with van der Waals surface area (Å²) < 4.78 is 8.98. The third kappa shape index (κ3) is 3.06. The molecule has 8 aromatic rings. The number of nitrogens with zero attached hydrogens (tertiary/aromatic N) is 2. The average molecular weight is 487 g/mol. The van der Waals surface area contributed by atoms with Gasteiger partial charge >= 0.3 is 0 Å². The van der Waals surface area contributed by atoms with E-state index in [4.69, 9.17) is 9.40 Å². The largest absolute Gasteiger partial charge is 0.455 e. The molecule has 3 nitrogen and oxygen atoms in total. The van der Waals surface area contributed by atoms with Gasteiger partial charge in [0.25, 0.3) is 0 Å². The Morgan fingerprint density at radius 3 is 2.16 bits per heavy atom. The summed E-state index contributed by atoms with van der Waals surface area (Å²) in [7, 11) is 0. The molecule has 0 aliphatic heterocycles. The van der Waals surface area contributed by atoms with Crippen LogP contribution >= 0.6 is 0 Å². The summed E-state index contributed by atoms with van der Waals surface area (Å²) in [4.78, 5) is 5.18. The van der Waals surface area contributed by atoms with Gasteiger partial charge in [-0.3, -0.25) is 4.57 Å². The van der Waals surface area contributed by atoms with E-state index in [9.17, 15) is 0 Å². The van der Waals surface area contributed by atoms with E-state index >= 15 is 0 Å². The number of imidazole rings is 1. The van der Waals surface area contributed by atoms with Crippen molar-refractivity contribution in [2.75, 3.05) is 0 Å². The highest BCUT2D eigenvalue weighted by molar-refractivity contribution is 6.17. The molecule has 0 aliphatic carbocycles. The molecule has 8 rings (SSSR count). The quantitative estimate of drug-likeness (QED) is 0.249. The number of benzene rings is 6. The lowest BCUT2D eigenvalue weighted by Crippen LogP contribution is -2.00. The summed E-state index contributed by atoms with van der Waals surface area (Å²) in [5, 5.41) is 4.51. The lowest BCUT2D eigenvalue weighted by atomic mass is 10.0. The molecule has 38 heavy (non-hydrogen) atoms. The minimum atomic E-state index is 0.854. The number of furan rings is 1. The SMILES string of the molecule is c1ccc(-c2ccccc2-n2c(-c3cccc4c3oc3c5ccccc5ccc43)nc3ccccc32)cc1. The fourth-order valence-corrected chi connectivity index (χ4v) is 5.68. The van der Waals surface area contributed by atoms with Crippen LogP contribution in [0, 0.1) is 0 Å². The molecule has 6 aromatic carbocycles. The van der Waals surface area contributed by atoms with Crippen molar-refractivity contribution in [2.24, 2.45) is 0 Å². The van der Waals surface area contributed by atoms with Gasteiger partial charge in [-0.2, -0.15) is 0 Å². The third-order valence-corrected chi connectivity index (χ3v) is 7.42. The number of hydrogen-bond acceptors (Lipinski definition) is 2. The van der Waals surface area contributed by atoms with E-state index < -0.39 is 0 Å². The van der Waals surface area contributed by atoms with Crippen molar-refractivity contribution in [1.29, 1.82) is 0 Å². The zero-order chi connectivity index (χ0) is 25.1. The Labute approximate surface area is 219 Å². The van der Waals surface area contributed by atoms with Crippen LogP contribution in [-0.4, -0.2) is 9.55 Å². The second-order valence-electron chi connectivity index (χ2n) is 9.59. The smallest absolute Gasteiger partial charge is 0.149 e. The van der Waals surface area contributed by atoms with Gasteiger partial charge in [-0.25, -0.2) is 4.98 Å². The molecule has 0 N–H and O–H groups in total. The maximum Gasteiger partial charge on any atom is 0.149 e. The van der Waals surface area contributed by atoms with Crippen LogP contribution in [-0.2, 0) is 0 Å². The van der Waals surface area contributed by atoms with Crippen LogP contribution in [0.3, 0.4) is 0 Å². The van der Waals surface area contributed by atoms with E-state index in [1.165, 1.54) is 10.9 Å². The Kier molecular flexibility index (Phi) is 4.52. The minimum Gasteiger partial charge on any atom is -0.455 e. The van der Waals surface area contributed by atoms with Gasteiger partial charge in [0.05, 0.1) is 22.3 Å². The highest BCUT2D eigenvalue weighted by Gasteiger charge is 2.21. The van der Waals surface area contributed by atoms with Gasteiger partial charge in [0.1, 0.15) is 17.0 Å². The molecule has 0 spiro atoms. The summed E-state index contributed by atoms with van der Waals surface area (Å²) in [5.74, 6) is 0.864. The monoisotopic (exact) mass is 486 g/mol. The molecule has 0 saturated carbocycles. The van der Waals surface area contributed by atoms with Crippen LogP contribution in [0.1, 0.15) is 0 Å². The van der Waals surface area contributed by atoms with Gasteiger partial charge in [-0.05, 0) is 41.3 Å². The molecule has 2 aromatic heterocycles. The zero-order valence-corrected chi connectivity index (χ0v) is 20.5. The molecule has 178 valence electrons. The first-order valence-corrected chi connectivity index (χ1v) is 12.8. The number of rotatable bonds is 3. The van der Waals surface area contributed by atoms with E-state index in [2.05, 4.69) is 132 Å². The maximum absolute atomic E-state index is 6.70. The van der Waals surface area contributed by atoms with Gasteiger partial charge in [0, 0.05) is 21.7 Å². The predicted molar refractivity (Wildman–Crippen MR) is 157 cm³/mol. The van der Waals surface area contributed by atoms with Crippen molar-refractivity contribution in [3.8, 4) is 28.2 Å². The average Bonchev–Trinajstić information content (AvgIpc) is 3.57. The Morgan fingerprint density at radius 1 is 0.500 bits per heavy atom. The summed E-state index contributed by atoms with van der Waals surface area (Å²) in [6, 6.07) is 46.5. The molecule has 0 amide bonds. The Hall–Kier alpha value is -5.15. The second kappa shape index (κ2) is 8.19. The van der Waals surface area contributed by atoms with Crippen LogP contribution < -0.4 is 0 Å². The lowest BCUT2D eigenvalue weighted by molar-refractivity contribution is 0.673. The van der Waals surface area contributed by atoms with Crippen molar-refractivity contribution in [2.45, 2.75) is 0 Å². The molecule has 0 radical (unpaired) electrons. The first-order chi connectivity index (χ1) is 18.9. The molecule has 0 atom stereocenters. The maximum atomic E-state index is 6.70. The minimum absolute atomic E-state index is 0.854. The van der Waals surface area contributed by atoms with Crippen LogP contribution in [0.25, 0.3) is 71.9 Å². The van der Waals surface area contributed by atoms with E-state index in [0.29, 0.717) is 0 Å². The zero-order valence-electron chi connectivity index (χ0n) is 20.5. The fraction of sp³-hybridized carbons (Fsp3) is 0. The molecular weight excluding hydrogens is 464 g/mol. The fourth-order valence-electron chi connectivity index (χ4n) is 5.68. The van der Waals surface area contributed by atoms with Gasteiger partial charge in [-0.15, -0.1) is 0 Å². The van der Waals surface area contributed by atoms with Gasteiger partial charge in [0.2, 0.25) is 0 Å². The lowest BCUT2D eigenvalue weighted by Gasteiger charge is -2.15. The molecule has 0 aliphatic rings. The van der Waals surface area contributed by atoms with Crippen LogP contribution in [0.5, 0.6) is 0 Å². The number of para-hydroxylation sites is 4. The summed E-state index contributed by atoms with van der Waals surface area (Å²) >= 11 is 0. The number of hydrogen-bond donors (Lipinski definition) is 0. The second-order valence-corrected chi connectivity index (χ2v) is 9.59. The van der Waals surface area contributed by atoms with Crippen LogP contribution in [0.4, 0.5) is 0 Å². The van der Waals surface area contributed by atoms with E-state index in [1.54, 1.807) is 0 Å². The molecule has 2 heterocycles. The molecular formula is C35H22N2O. The topological polar surface area (TPSA) is 31.0 Å². The predicted octanol–water partition coefficient (Wildman–Crippen LogP) is 9.41. The Bertz CT molecular complexity index is 2130. The van der Waals surface area contributed by atoms with Gasteiger partial charge < -0.3 is 4.42 Å². The van der Waals surface area contributed by atoms with Gasteiger partial charge in [-0.1, -0.05) is 103 Å². The summed E-state index contributed by atoms with van der Waals surface area (Å²) in [5.41, 5.74) is 8.15. The Morgan fingerprint density at radius 2 is 1.21 bits per heavy atom. The van der Waals surface area contributed by atoms with Crippen LogP contribution in [0.2, 0.25) is 0 Å². The number of fused-ring (bicyclic) bond motifs is 6. The van der Waals surface area contributed by atoms with E-state index in [-0.39, 0.29) is 0 Å². The standard InChI is InChI=1S/C35H22N2O/c1-2-11-23(12-3-1)25-14-6-8-19-31(25)37-32-20-9-7-18-30(32)36-35(37)29-17-10-16-27-28-22-21-24-13-4-5-15-26(24)33(28)38-34(27)29/h1-22H. The molecule has 0 unspecified atom stereocenters. The van der Waals surface area contributed by atoms with Gasteiger partial charge in [0.15, 0.2) is 0 Å². The van der Waals surface area contributed by atoms with Crippen molar-refractivity contribution in [3.63, 3.8) is 0 Å². The van der Waals surface area contributed by atoms with Crippen molar-refractivity contribution < 1.29 is 4.42 Å². The number of aromatic nitrogens is 2. The molecule has 0 saturated heterocycles. The highest BCUT2D eigenvalue weighted by Crippen LogP contribution is 2.41. The first-order valence-electron chi connectivity index (χ1n) is 12.8. The molecule has 0 bridgehead atoms. The third-order valence-electron chi connectivity index (χ3n) is 7.42. The van der Waals surface area contributed by atoms with E-state index in [1.807, 2.05) is 6.07 Å². The summed E-state index contributed by atoms with van der Waals surface area (Å²) in [6.45, 7) is 0. The molecule has 3 heteroatoms. The first kappa shape index (κ1) is 21.0. The Balaban J connectivity index is 1.47.